The van der Waals surface area contributed by atoms with Crippen LogP contribution in [0.15, 0.2) is 0 Å². The molecule has 0 nitrogen and oxygen atoms in total. The second-order valence-corrected chi connectivity index (χ2v) is 7.54. The molecule has 0 atom stereocenters. The zero-order valence-electron chi connectivity index (χ0n) is 12.5. The fourth-order valence-electron chi connectivity index (χ4n) is 4.86. The van der Waals surface area contributed by atoms with Crippen LogP contribution in [0.3, 0.4) is 0 Å². The van der Waals surface area contributed by atoms with Crippen LogP contribution in [0.25, 0.3) is 0 Å². The lowest BCUT2D eigenvalue weighted by atomic mass is 9.56. The van der Waals surface area contributed by atoms with Gasteiger partial charge in [-0.1, -0.05) is 66.2 Å². The topological polar surface area (TPSA) is 0 Å². The Labute approximate surface area is 109 Å². The first-order valence-electron chi connectivity index (χ1n) is 8.04. The Morgan fingerprint density at radius 2 is 1.06 bits per heavy atom. The van der Waals surface area contributed by atoms with E-state index in [-0.39, 0.29) is 0 Å². The second-order valence-electron chi connectivity index (χ2n) is 7.54. The monoisotopic (exact) mass is 236 g/mol. The van der Waals surface area contributed by atoms with Gasteiger partial charge in [0.1, 0.15) is 0 Å². The zero-order valence-corrected chi connectivity index (χ0v) is 12.5. The van der Waals surface area contributed by atoms with Crippen LogP contribution in [-0.4, -0.2) is 0 Å². The van der Waals surface area contributed by atoms with E-state index in [2.05, 4.69) is 27.7 Å². The molecule has 0 aliphatic heterocycles. The van der Waals surface area contributed by atoms with Gasteiger partial charge < -0.3 is 0 Å². The van der Waals surface area contributed by atoms with Crippen LogP contribution >= 0.6 is 0 Å². The molecule has 0 unspecified atom stereocenters. The first-order valence-corrected chi connectivity index (χ1v) is 8.04. The summed E-state index contributed by atoms with van der Waals surface area (Å²) in [6.07, 6.45) is 12.2. The highest BCUT2D eigenvalue weighted by Gasteiger charge is 2.42. The summed E-state index contributed by atoms with van der Waals surface area (Å²) in [4.78, 5) is 0. The lowest BCUT2D eigenvalue weighted by Crippen LogP contribution is -2.39. The van der Waals surface area contributed by atoms with Gasteiger partial charge >= 0.3 is 0 Å². The lowest BCUT2D eigenvalue weighted by Gasteiger charge is -2.49. The van der Waals surface area contributed by atoms with E-state index in [0.717, 1.165) is 23.7 Å². The van der Waals surface area contributed by atoms with Gasteiger partial charge in [0.15, 0.2) is 0 Å². The molecular formula is C17H32. The maximum Gasteiger partial charge on any atom is -0.0246 e. The molecule has 3 fully saturated rings. The van der Waals surface area contributed by atoms with Gasteiger partial charge in [-0.25, -0.2) is 0 Å². The highest BCUT2D eigenvalue weighted by Crippen LogP contribution is 2.52. The van der Waals surface area contributed by atoms with E-state index in [1.807, 2.05) is 0 Å². The van der Waals surface area contributed by atoms with Crippen LogP contribution in [0, 0.1) is 29.1 Å². The summed E-state index contributed by atoms with van der Waals surface area (Å²) in [5, 5.41) is 0. The largest absolute Gasteiger partial charge is 0.0622 e. The molecule has 0 aromatic rings. The molecule has 0 aromatic carbocycles. The standard InChI is InChI=1S/C17H32/c1-13(2)17(14(3)4)11-15-7-5-8-16(12-17)10-6-9-15/h13-16H,5-12H2,1-4H3. The van der Waals surface area contributed by atoms with E-state index >= 15 is 0 Å². The van der Waals surface area contributed by atoms with Crippen LogP contribution in [0.1, 0.15) is 79.1 Å². The van der Waals surface area contributed by atoms with Gasteiger partial charge in [0.05, 0.1) is 0 Å². The first-order chi connectivity index (χ1) is 8.04. The van der Waals surface area contributed by atoms with Crippen molar-refractivity contribution >= 4 is 0 Å². The van der Waals surface area contributed by atoms with Gasteiger partial charge in [-0.2, -0.15) is 0 Å². The fourth-order valence-corrected chi connectivity index (χ4v) is 4.86. The summed E-state index contributed by atoms with van der Waals surface area (Å²) < 4.78 is 0. The Kier molecular flexibility index (Phi) is 4.21. The predicted molar refractivity (Wildman–Crippen MR) is 76.0 cm³/mol. The van der Waals surface area contributed by atoms with E-state index in [0.29, 0.717) is 5.41 Å². The third kappa shape index (κ3) is 2.71. The normalized spacial score (nSPS) is 33.5. The maximum absolute atomic E-state index is 2.48. The molecule has 0 radical (unpaired) electrons. The fraction of sp³-hybridized carbons (Fsp3) is 1.00. The molecule has 2 bridgehead atoms. The van der Waals surface area contributed by atoms with E-state index in [4.69, 9.17) is 0 Å². The van der Waals surface area contributed by atoms with Crippen molar-refractivity contribution in [3.8, 4) is 0 Å². The summed E-state index contributed by atoms with van der Waals surface area (Å²) in [5.41, 5.74) is 0.649. The molecule has 3 aliphatic rings. The maximum atomic E-state index is 2.48. The van der Waals surface area contributed by atoms with E-state index < -0.39 is 0 Å². The summed E-state index contributed by atoms with van der Waals surface area (Å²) in [6, 6.07) is 0. The molecule has 0 spiro atoms. The molecule has 0 heterocycles. The third-order valence-corrected chi connectivity index (χ3v) is 6.09. The summed E-state index contributed by atoms with van der Waals surface area (Å²) >= 11 is 0. The van der Waals surface area contributed by atoms with Crippen LogP contribution in [0.2, 0.25) is 0 Å². The molecule has 3 rings (SSSR count). The first kappa shape index (κ1) is 13.4. The molecule has 100 valence electrons. The molecular weight excluding hydrogens is 204 g/mol. The molecule has 0 amide bonds. The molecule has 0 N–H and O–H groups in total. The molecule has 0 aromatic heterocycles. The van der Waals surface area contributed by atoms with Crippen LogP contribution < -0.4 is 0 Å². The van der Waals surface area contributed by atoms with Crippen molar-refractivity contribution in [1.29, 1.82) is 0 Å². The minimum Gasteiger partial charge on any atom is -0.0622 e. The third-order valence-electron chi connectivity index (χ3n) is 6.09. The Balaban J connectivity index is 2.25. The minimum absolute atomic E-state index is 0.649. The van der Waals surface area contributed by atoms with Crippen molar-refractivity contribution in [2.75, 3.05) is 0 Å². The average molecular weight is 236 g/mol. The van der Waals surface area contributed by atoms with Gasteiger partial charge in [-0.15, -0.1) is 0 Å². The van der Waals surface area contributed by atoms with Gasteiger partial charge in [0, 0.05) is 0 Å². The van der Waals surface area contributed by atoms with Crippen molar-refractivity contribution in [2.45, 2.75) is 79.1 Å². The second kappa shape index (κ2) is 5.33. The summed E-state index contributed by atoms with van der Waals surface area (Å²) in [5.74, 6) is 3.81. The van der Waals surface area contributed by atoms with Gasteiger partial charge in [-0.3, -0.25) is 0 Å². The predicted octanol–water partition coefficient (Wildman–Crippen LogP) is 5.67. The van der Waals surface area contributed by atoms with E-state index in [1.165, 1.54) is 51.4 Å². The number of hydrogen-bond acceptors (Lipinski definition) is 0. The molecule has 3 saturated carbocycles. The molecule has 0 saturated heterocycles. The number of fused-ring (bicyclic) bond motifs is 6. The molecule has 0 heteroatoms. The Morgan fingerprint density at radius 3 is 1.35 bits per heavy atom. The van der Waals surface area contributed by atoms with Crippen molar-refractivity contribution in [1.82, 2.24) is 0 Å². The Hall–Kier alpha value is 0. The molecule has 3 aliphatic carbocycles. The van der Waals surface area contributed by atoms with Crippen LogP contribution in [0.4, 0.5) is 0 Å². The van der Waals surface area contributed by atoms with Gasteiger partial charge in [0.2, 0.25) is 0 Å². The van der Waals surface area contributed by atoms with Crippen molar-refractivity contribution in [3.63, 3.8) is 0 Å². The number of hydrogen-bond donors (Lipinski definition) is 0. The van der Waals surface area contributed by atoms with Gasteiger partial charge in [-0.05, 0) is 41.9 Å². The van der Waals surface area contributed by atoms with E-state index in [9.17, 15) is 0 Å². The average Bonchev–Trinajstić information content (AvgIpc) is 2.13. The minimum atomic E-state index is 0.649. The van der Waals surface area contributed by atoms with Crippen molar-refractivity contribution in [2.24, 2.45) is 29.1 Å². The zero-order chi connectivity index (χ0) is 12.5. The lowest BCUT2D eigenvalue weighted by molar-refractivity contribution is 0.0123. The van der Waals surface area contributed by atoms with Crippen molar-refractivity contribution < 1.29 is 0 Å². The van der Waals surface area contributed by atoms with Crippen molar-refractivity contribution in [3.05, 3.63) is 0 Å². The Bertz CT molecular complexity index is 204. The number of rotatable bonds is 2. The molecule has 17 heavy (non-hydrogen) atoms. The van der Waals surface area contributed by atoms with E-state index in [1.54, 1.807) is 0 Å². The smallest absolute Gasteiger partial charge is 0.0246 e. The summed E-state index contributed by atoms with van der Waals surface area (Å²) in [6.45, 7) is 9.93. The van der Waals surface area contributed by atoms with Crippen LogP contribution in [0.5, 0.6) is 0 Å². The highest BCUT2D eigenvalue weighted by molar-refractivity contribution is 4.92. The highest BCUT2D eigenvalue weighted by atomic mass is 14.5. The SMILES string of the molecule is CC(C)C1(C(C)C)CC2CCCC(CCC2)C1. The van der Waals surface area contributed by atoms with Crippen LogP contribution in [-0.2, 0) is 0 Å². The quantitative estimate of drug-likeness (QED) is 0.580. The van der Waals surface area contributed by atoms with Gasteiger partial charge in [0.25, 0.3) is 0 Å². The summed E-state index contributed by atoms with van der Waals surface area (Å²) in [7, 11) is 0. The Morgan fingerprint density at radius 1 is 0.706 bits per heavy atom.